The lowest BCUT2D eigenvalue weighted by atomic mass is 10.1. The number of hydrogen-bond donors (Lipinski definition) is 2. The van der Waals surface area contributed by atoms with E-state index >= 15 is 0 Å². The minimum absolute atomic E-state index is 0.102. The first-order chi connectivity index (χ1) is 9.12. The molecule has 0 aliphatic heterocycles. The lowest BCUT2D eigenvalue weighted by Crippen LogP contribution is -2.34. The van der Waals surface area contributed by atoms with Gasteiger partial charge in [-0.1, -0.05) is 6.07 Å². The number of ether oxygens (including phenoxy) is 1. The molecule has 0 bridgehead atoms. The molecule has 0 saturated heterocycles. The monoisotopic (exact) mass is 287 g/mol. The van der Waals surface area contributed by atoms with E-state index in [-0.39, 0.29) is 24.5 Å². The highest BCUT2D eigenvalue weighted by Gasteiger charge is 2.16. The van der Waals surface area contributed by atoms with E-state index in [9.17, 15) is 4.39 Å². The van der Waals surface area contributed by atoms with E-state index in [1.165, 1.54) is 13.2 Å². The van der Waals surface area contributed by atoms with Crippen molar-refractivity contribution in [1.82, 2.24) is 5.32 Å². The lowest BCUT2D eigenvalue weighted by molar-refractivity contribution is 0.265. The van der Waals surface area contributed by atoms with Crippen LogP contribution in [0.5, 0.6) is 5.75 Å². The topological polar surface area (TPSA) is 41.5 Å². The summed E-state index contributed by atoms with van der Waals surface area (Å²) in [4.78, 5) is 0. The number of thioether (sulfide) groups is 1. The fourth-order valence-corrected chi connectivity index (χ4v) is 2.67. The van der Waals surface area contributed by atoms with Gasteiger partial charge in [0.25, 0.3) is 0 Å². The molecule has 1 aromatic rings. The molecular weight excluding hydrogens is 265 g/mol. The standard InChI is InChI=1S/C14H22FNO2S/c1-10(16-11(6-7-17)9-19-3)13-5-4-12(18-2)8-14(13)15/h4-5,8,10-11,16-17H,6-7,9H2,1-3H3. The molecule has 3 nitrogen and oxygen atoms in total. The van der Waals surface area contributed by atoms with Crippen molar-refractivity contribution < 1.29 is 14.2 Å². The third kappa shape index (κ3) is 5.01. The molecule has 1 aromatic carbocycles. The molecule has 0 aromatic heterocycles. The number of nitrogens with one attached hydrogen (secondary N) is 1. The third-order valence-corrected chi connectivity index (χ3v) is 3.74. The zero-order valence-corrected chi connectivity index (χ0v) is 12.5. The number of benzene rings is 1. The number of methoxy groups -OCH3 is 1. The van der Waals surface area contributed by atoms with Gasteiger partial charge in [-0.25, -0.2) is 4.39 Å². The maximum atomic E-state index is 13.9. The highest BCUT2D eigenvalue weighted by atomic mass is 32.2. The van der Waals surface area contributed by atoms with Crippen molar-refractivity contribution in [1.29, 1.82) is 0 Å². The Morgan fingerprint density at radius 3 is 2.74 bits per heavy atom. The van der Waals surface area contributed by atoms with Crippen LogP contribution < -0.4 is 10.1 Å². The SMILES string of the molecule is COc1ccc(C(C)NC(CCO)CSC)c(F)c1. The van der Waals surface area contributed by atoms with Crippen molar-refractivity contribution in [3.63, 3.8) is 0 Å². The summed E-state index contributed by atoms with van der Waals surface area (Å²) < 4.78 is 18.9. The average molecular weight is 287 g/mol. The largest absolute Gasteiger partial charge is 0.497 e. The molecule has 0 aliphatic rings. The molecular formula is C14H22FNO2S. The van der Waals surface area contributed by atoms with E-state index in [1.54, 1.807) is 23.9 Å². The van der Waals surface area contributed by atoms with Crippen LogP contribution in [0, 0.1) is 5.82 Å². The summed E-state index contributed by atoms with van der Waals surface area (Å²) in [5.74, 6) is 1.14. The zero-order chi connectivity index (χ0) is 14.3. The van der Waals surface area contributed by atoms with Crippen LogP contribution in [0.4, 0.5) is 4.39 Å². The van der Waals surface area contributed by atoms with Crippen LogP contribution in [0.25, 0.3) is 0 Å². The Morgan fingerprint density at radius 2 is 2.21 bits per heavy atom. The normalized spacial score (nSPS) is 14.2. The molecule has 108 valence electrons. The van der Waals surface area contributed by atoms with Gasteiger partial charge in [0.15, 0.2) is 0 Å². The van der Waals surface area contributed by atoms with Crippen molar-refractivity contribution in [3.05, 3.63) is 29.6 Å². The Hall–Kier alpha value is -0.780. The van der Waals surface area contributed by atoms with Crippen LogP contribution in [0.1, 0.15) is 24.9 Å². The van der Waals surface area contributed by atoms with Gasteiger partial charge in [-0.3, -0.25) is 0 Å². The minimum Gasteiger partial charge on any atom is -0.497 e. The first-order valence-electron chi connectivity index (χ1n) is 6.31. The quantitative estimate of drug-likeness (QED) is 0.771. The van der Waals surface area contributed by atoms with Crippen LogP contribution in [-0.4, -0.2) is 36.9 Å². The van der Waals surface area contributed by atoms with Crippen molar-refractivity contribution >= 4 is 11.8 Å². The van der Waals surface area contributed by atoms with Crippen LogP contribution in [-0.2, 0) is 0 Å². The molecule has 2 atom stereocenters. The molecule has 5 heteroatoms. The van der Waals surface area contributed by atoms with Gasteiger partial charge >= 0.3 is 0 Å². The van der Waals surface area contributed by atoms with E-state index in [4.69, 9.17) is 9.84 Å². The van der Waals surface area contributed by atoms with Gasteiger partial charge in [0.2, 0.25) is 0 Å². The molecule has 2 N–H and O–H groups in total. The van der Waals surface area contributed by atoms with Gasteiger partial charge in [-0.2, -0.15) is 11.8 Å². The molecule has 1 rings (SSSR count). The van der Waals surface area contributed by atoms with Crippen molar-refractivity contribution in [2.75, 3.05) is 25.7 Å². The molecule has 0 fully saturated rings. The number of rotatable bonds is 8. The molecule has 2 unspecified atom stereocenters. The second-order valence-corrected chi connectivity index (χ2v) is 5.35. The first kappa shape index (κ1) is 16.3. The number of hydrogen-bond acceptors (Lipinski definition) is 4. The summed E-state index contributed by atoms with van der Waals surface area (Å²) in [6.45, 7) is 2.06. The fraction of sp³-hybridized carbons (Fsp3) is 0.571. The van der Waals surface area contributed by atoms with Gasteiger partial charge in [0.05, 0.1) is 7.11 Å². The maximum absolute atomic E-state index is 13.9. The number of aliphatic hydroxyl groups excluding tert-OH is 1. The van der Waals surface area contributed by atoms with Gasteiger partial charge in [-0.15, -0.1) is 0 Å². The minimum atomic E-state index is -0.272. The van der Waals surface area contributed by atoms with E-state index < -0.39 is 0 Å². The summed E-state index contributed by atoms with van der Waals surface area (Å²) in [7, 11) is 1.52. The third-order valence-electron chi connectivity index (χ3n) is 3.01. The average Bonchev–Trinajstić information content (AvgIpc) is 2.38. The van der Waals surface area contributed by atoms with Crippen LogP contribution in [0.15, 0.2) is 18.2 Å². The second-order valence-electron chi connectivity index (χ2n) is 4.44. The van der Waals surface area contributed by atoms with E-state index in [0.29, 0.717) is 17.7 Å². The lowest BCUT2D eigenvalue weighted by Gasteiger charge is -2.23. The smallest absolute Gasteiger partial charge is 0.131 e. The molecule has 0 saturated carbocycles. The predicted octanol–water partition coefficient (Wildman–Crippen LogP) is 2.60. The first-order valence-corrected chi connectivity index (χ1v) is 7.71. The molecule has 19 heavy (non-hydrogen) atoms. The summed E-state index contributed by atoms with van der Waals surface area (Å²) in [6, 6.07) is 4.96. The number of halogens is 1. The molecule has 0 aliphatic carbocycles. The summed E-state index contributed by atoms with van der Waals surface area (Å²) in [5, 5.41) is 12.4. The van der Waals surface area contributed by atoms with E-state index in [2.05, 4.69) is 5.32 Å². The zero-order valence-electron chi connectivity index (χ0n) is 11.6. The Kier molecular flexibility index (Phi) is 7.20. The van der Waals surface area contributed by atoms with Crippen molar-refractivity contribution in [2.45, 2.75) is 25.4 Å². The highest BCUT2D eigenvalue weighted by molar-refractivity contribution is 7.98. The Labute approximate surface area is 118 Å². The van der Waals surface area contributed by atoms with E-state index in [1.807, 2.05) is 13.2 Å². The Balaban J connectivity index is 2.73. The van der Waals surface area contributed by atoms with Crippen molar-refractivity contribution in [3.8, 4) is 5.75 Å². The summed E-state index contributed by atoms with van der Waals surface area (Å²) in [5.41, 5.74) is 0.616. The van der Waals surface area contributed by atoms with Crippen LogP contribution in [0.3, 0.4) is 0 Å². The second kappa shape index (κ2) is 8.40. The maximum Gasteiger partial charge on any atom is 0.131 e. The Bertz CT molecular complexity index is 384. The number of aliphatic hydroxyl groups is 1. The molecule has 0 radical (unpaired) electrons. The van der Waals surface area contributed by atoms with E-state index in [0.717, 1.165) is 5.75 Å². The summed E-state index contributed by atoms with van der Waals surface area (Å²) >= 11 is 1.71. The summed E-state index contributed by atoms with van der Waals surface area (Å²) in [6.07, 6.45) is 2.69. The molecule has 0 heterocycles. The van der Waals surface area contributed by atoms with Gasteiger partial charge in [-0.05, 0) is 25.7 Å². The molecule has 0 spiro atoms. The van der Waals surface area contributed by atoms with Gasteiger partial charge < -0.3 is 15.2 Å². The van der Waals surface area contributed by atoms with Crippen molar-refractivity contribution in [2.24, 2.45) is 0 Å². The molecule has 0 amide bonds. The predicted molar refractivity (Wildman–Crippen MR) is 78.4 cm³/mol. The fourth-order valence-electron chi connectivity index (χ4n) is 2.00. The van der Waals surface area contributed by atoms with Gasteiger partial charge in [0.1, 0.15) is 11.6 Å². The Morgan fingerprint density at radius 1 is 1.47 bits per heavy atom. The van der Waals surface area contributed by atoms with Crippen LogP contribution in [0.2, 0.25) is 0 Å². The van der Waals surface area contributed by atoms with Gasteiger partial charge in [0, 0.05) is 36.1 Å². The van der Waals surface area contributed by atoms with Crippen LogP contribution >= 0.6 is 11.8 Å². The highest BCUT2D eigenvalue weighted by Crippen LogP contribution is 2.22.